The molecule has 0 aliphatic rings. The second-order valence-corrected chi connectivity index (χ2v) is 4.36. The summed E-state index contributed by atoms with van der Waals surface area (Å²) in [6.07, 6.45) is 2.64. The summed E-state index contributed by atoms with van der Waals surface area (Å²) in [5, 5.41) is 4.07. The van der Waals surface area contributed by atoms with Crippen LogP contribution in [-0.2, 0) is 6.42 Å². The molecule has 0 saturated heterocycles. The summed E-state index contributed by atoms with van der Waals surface area (Å²) in [6.45, 7) is 2.09. The lowest BCUT2D eigenvalue weighted by molar-refractivity contribution is 0.505. The summed E-state index contributed by atoms with van der Waals surface area (Å²) in [4.78, 5) is 0. The minimum atomic E-state index is 0.154. The molecule has 0 bridgehead atoms. The van der Waals surface area contributed by atoms with Gasteiger partial charge in [-0.05, 0) is 30.8 Å². The Labute approximate surface area is 107 Å². The van der Waals surface area contributed by atoms with Gasteiger partial charge in [-0.1, -0.05) is 30.7 Å². The maximum Gasteiger partial charge on any atom is 0.108 e. The van der Waals surface area contributed by atoms with Crippen molar-refractivity contribution in [2.45, 2.75) is 19.4 Å². The van der Waals surface area contributed by atoms with E-state index in [9.17, 15) is 0 Å². The Morgan fingerprint density at radius 2 is 1.94 bits per heavy atom. The average molecular weight is 250 g/mol. The Morgan fingerprint density at radius 1 is 1.24 bits per heavy atom. The van der Waals surface area contributed by atoms with E-state index in [1.807, 2.05) is 37.4 Å². The Hall–Kier alpha value is -1.25. The fraction of sp³-hybridized carbons (Fsp3) is 0.286. The van der Waals surface area contributed by atoms with Gasteiger partial charge >= 0.3 is 0 Å². The molecule has 2 aromatic rings. The first kappa shape index (κ1) is 12.2. The Kier molecular flexibility index (Phi) is 3.87. The SMILES string of the molecule is CCc1occc1C(NC)c1ccc(Cl)cc1. The number of aryl methyl sites for hydroxylation is 1. The number of hydrogen-bond donors (Lipinski definition) is 1. The molecule has 0 aliphatic carbocycles. The molecule has 3 heteroatoms. The van der Waals surface area contributed by atoms with Gasteiger partial charge in [-0.2, -0.15) is 0 Å². The second-order valence-electron chi connectivity index (χ2n) is 3.93. The largest absolute Gasteiger partial charge is 0.469 e. The predicted molar refractivity (Wildman–Crippen MR) is 70.4 cm³/mol. The summed E-state index contributed by atoms with van der Waals surface area (Å²) in [7, 11) is 1.95. The van der Waals surface area contributed by atoms with Gasteiger partial charge in [0, 0.05) is 17.0 Å². The number of hydrogen-bond acceptors (Lipinski definition) is 2. The lowest BCUT2D eigenvalue weighted by Gasteiger charge is -2.16. The first-order chi connectivity index (χ1) is 8.26. The van der Waals surface area contributed by atoms with Gasteiger partial charge in [0.25, 0.3) is 0 Å². The van der Waals surface area contributed by atoms with E-state index in [0.717, 1.165) is 17.2 Å². The van der Waals surface area contributed by atoms with Gasteiger partial charge in [0.05, 0.1) is 12.3 Å². The van der Waals surface area contributed by atoms with E-state index in [0.29, 0.717) is 0 Å². The zero-order valence-electron chi connectivity index (χ0n) is 10.0. The average Bonchev–Trinajstić information content (AvgIpc) is 2.81. The van der Waals surface area contributed by atoms with Gasteiger partial charge in [0.1, 0.15) is 5.76 Å². The number of benzene rings is 1. The maximum absolute atomic E-state index is 5.90. The van der Waals surface area contributed by atoms with E-state index in [4.69, 9.17) is 16.0 Å². The van der Waals surface area contributed by atoms with Gasteiger partial charge in [0.2, 0.25) is 0 Å². The normalized spacial score (nSPS) is 12.6. The van der Waals surface area contributed by atoms with E-state index < -0.39 is 0 Å². The van der Waals surface area contributed by atoms with Crippen LogP contribution in [0.3, 0.4) is 0 Å². The van der Waals surface area contributed by atoms with Crippen LogP contribution in [0.5, 0.6) is 0 Å². The smallest absolute Gasteiger partial charge is 0.108 e. The van der Waals surface area contributed by atoms with Crippen molar-refractivity contribution in [3.8, 4) is 0 Å². The molecule has 1 atom stereocenters. The van der Waals surface area contributed by atoms with Crippen LogP contribution >= 0.6 is 11.6 Å². The minimum absolute atomic E-state index is 0.154. The molecule has 1 unspecified atom stereocenters. The summed E-state index contributed by atoms with van der Waals surface area (Å²) in [5.41, 5.74) is 2.38. The highest BCUT2D eigenvalue weighted by atomic mass is 35.5. The minimum Gasteiger partial charge on any atom is -0.469 e. The standard InChI is InChI=1S/C14H16ClNO/c1-3-13-12(8-9-17-13)14(16-2)10-4-6-11(15)7-5-10/h4-9,14,16H,3H2,1-2H3. The highest BCUT2D eigenvalue weighted by molar-refractivity contribution is 6.30. The maximum atomic E-state index is 5.90. The first-order valence-corrected chi connectivity index (χ1v) is 6.13. The number of furan rings is 1. The Balaban J connectivity index is 2.36. The lowest BCUT2D eigenvalue weighted by atomic mass is 9.98. The van der Waals surface area contributed by atoms with E-state index in [-0.39, 0.29) is 6.04 Å². The lowest BCUT2D eigenvalue weighted by Crippen LogP contribution is -2.18. The third-order valence-electron chi connectivity index (χ3n) is 2.90. The second kappa shape index (κ2) is 5.39. The van der Waals surface area contributed by atoms with Gasteiger partial charge in [-0.25, -0.2) is 0 Å². The van der Waals surface area contributed by atoms with Crippen molar-refractivity contribution in [3.05, 3.63) is 58.5 Å². The molecule has 0 aliphatic heterocycles. The van der Waals surface area contributed by atoms with Crippen LogP contribution in [0.4, 0.5) is 0 Å². The summed E-state index contributed by atoms with van der Waals surface area (Å²) in [6, 6.07) is 10.1. The molecule has 1 heterocycles. The molecule has 2 nitrogen and oxygen atoms in total. The van der Waals surface area contributed by atoms with Gasteiger partial charge in [0.15, 0.2) is 0 Å². The van der Waals surface area contributed by atoms with Gasteiger partial charge in [-0.15, -0.1) is 0 Å². The van der Waals surface area contributed by atoms with Crippen LogP contribution in [-0.4, -0.2) is 7.05 Å². The molecule has 0 saturated carbocycles. The third kappa shape index (κ3) is 2.54. The molecule has 1 N–H and O–H groups in total. The van der Waals surface area contributed by atoms with Crippen molar-refractivity contribution < 1.29 is 4.42 Å². The van der Waals surface area contributed by atoms with Crippen LogP contribution in [0.15, 0.2) is 41.0 Å². The molecule has 0 radical (unpaired) electrons. The van der Waals surface area contributed by atoms with Crippen molar-refractivity contribution in [3.63, 3.8) is 0 Å². The van der Waals surface area contributed by atoms with Crippen molar-refractivity contribution in [2.75, 3.05) is 7.05 Å². The quantitative estimate of drug-likeness (QED) is 0.892. The van der Waals surface area contributed by atoms with Crippen LogP contribution in [0, 0.1) is 0 Å². The van der Waals surface area contributed by atoms with Crippen LogP contribution < -0.4 is 5.32 Å². The van der Waals surface area contributed by atoms with Crippen LogP contribution in [0.25, 0.3) is 0 Å². The number of halogens is 1. The topological polar surface area (TPSA) is 25.2 Å². The van der Waals surface area contributed by atoms with E-state index >= 15 is 0 Å². The van der Waals surface area contributed by atoms with E-state index in [1.165, 1.54) is 11.1 Å². The molecule has 2 rings (SSSR count). The summed E-state index contributed by atoms with van der Waals surface area (Å²) in [5.74, 6) is 1.03. The first-order valence-electron chi connectivity index (χ1n) is 5.75. The monoisotopic (exact) mass is 249 g/mol. The predicted octanol–water partition coefficient (Wildman–Crippen LogP) is 3.80. The molecule has 1 aromatic carbocycles. The number of nitrogens with one attached hydrogen (secondary N) is 1. The van der Waals surface area contributed by atoms with Gasteiger partial charge in [-0.3, -0.25) is 0 Å². The van der Waals surface area contributed by atoms with Crippen molar-refractivity contribution in [2.24, 2.45) is 0 Å². The molecular formula is C14H16ClNO. The molecule has 90 valence electrons. The van der Waals surface area contributed by atoms with E-state index in [1.54, 1.807) is 6.26 Å². The zero-order valence-corrected chi connectivity index (χ0v) is 10.8. The molecule has 0 amide bonds. The fourth-order valence-electron chi connectivity index (χ4n) is 2.05. The van der Waals surface area contributed by atoms with Gasteiger partial charge < -0.3 is 9.73 Å². The molecule has 1 aromatic heterocycles. The van der Waals surface area contributed by atoms with Crippen molar-refractivity contribution in [1.82, 2.24) is 5.32 Å². The number of rotatable bonds is 4. The highest BCUT2D eigenvalue weighted by Gasteiger charge is 2.17. The fourth-order valence-corrected chi connectivity index (χ4v) is 2.18. The summed E-state index contributed by atoms with van der Waals surface area (Å²) >= 11 is 5.90. The molecular weight excluding hydrogens is 234 g/mol. The highest BCUT2D eigenvalue weighted by Crippen LogP contribution is 2.27. The Morgan fingerprint density at radius 3 is 2.53 bits per heavy atom. The third-order valence-corrected chi connectivity index (χ3v) is 3.16. The van der Waals surface area contributed by atoms with Crippen molar-refractivity contribution >= 4 is 11.6 Å². The van der Waals surface area contributed by atoms with Crippen LogP contribution in [0.1, 0.15) is 29.9 Å². The molecule has 0 fully saturated rings. The van der Waals surface area contributed by atoms with E-state index in [2.05, 4.69) is 12.2 Å². The molecule has 17 heavy (non-hydrogen) atoms. The van der Waals surface area contributed by atoms with Crippen molar-refractivity contribution in [1.29, 1.82) is 0 Å². The zero-order chi connectivity index (χ0) is 12.3. The molecule has 0 spiro atoms. The Bertz CT molecular complexity index is 475. The van der Waals surface area contributed by atoms with Crippen LogP contribution in [0.2, 0.25) is 5.02 Å². The summed E-state index contributed by atoms with van der Waals surface area (Å²) < 4.78 is 5.48.